The molecular weight excluding hydrogens is 254 g/mol. The fraction of sp³-hybridized carbons (Fsp3) is 0.231. The maximum Gasteiger partial charge on any atom is 0.404 e. The van der Waals surface area contributed by atoms with Crippen molar-refractivity contribution in [3.8, 4) is 0 Å². The van der Waals surface area contributed by atoms with Crippen molar-refractivity contribution in [1.82, 2.24) is 5.32 Å². The van der Waals surface area contributed by atoms with Gasteiger partial charge in [-0.1, -0.05) is 30.3 Å². The van der Waals surface area contributed by atoms with E-state index < -0.39 is 12.1 Å². The molecule has 0 aliphatic rings. The monoisotopic (exact) mass is 267 g/mol. The molecule has 0 aliphatic carbocycles. The van der Waals surface area contributed by atoms with E-state index in [-0.39, 0.29) is 12.2 Å². The maximum atomic E-state index is 11.3. The van der Waals surface area contributed by atoms with Crippen LogP contribution in [0.2, 0.25) is 5.02 Å². The molecule has 1 aromatic carbocycles. The minimum absolute atomic E-state index is 0.0957. The molecule has 1 rings (SSSR count). The van der Waals surface area contributed by atoms with Gasteiger partial charge < -0.3 is 10.4 Å². The van der Waals surface area contributed by atoms with Crippen molar-refractivity contribution >= 4 is 23.5 Å². The molecule has 0 aromatic heterocycles. The van der Waals surface area contributed by atoms with Gasteiger partial charge in [0.25, 0.3) is 0 Å². The van der Waals surface area contributed by atoms with E-state index in [1.807, 2.05) is 0 Å². The molecule has 0 heterocycles. The first-order chi connectivity index (χ1) is 8.51. The lowest BCUT2D eigenvalue weighted by Gasteiger charge is -2.15. The fourth-order valence-electron chi connectivity index (χ4n) is 1.58. The molecule has 0 saturated carbocycles. The largest absolute Gasteiger partial charge is 0.465 e. The lowest BCUT2D eigenvalue weighted by atomic mass is 10.0. The summed E-state index contributed by atoms with van der Waals surface area (Å²) in [4.78, 5) is 21.9. The van der Waals surface area contributed by atoms with Crippen LogP contribution in [0.25, 0.3) is 0 Å². The van der Waals surface area contributed by atoms with Crippen LogP contribution in [-0.4, -0.2) is 23.0 Å². The Morgan fingerprint density at radius 3 is 2.50 bits per heavy atom. The van der Waals surface area contributed by atoms with E-state index in [1.165, 1.54) is 6.08 Å². The second-order valence-corrected chi connectivity index (χ2v) is 4.29. The lowest BCUT2D eigenvalue weighted by molar-refractivity contribution is -0.115. The maximum absolute atomic E-state index is 11.3. The number of carbonyl (C=O) groups is 2. The summed E-state index contributed by atoms with van der Waals surface area (Å²) in [5.41, 5.74) is 0.912. The number of rotatable bonds is 6. The van der Waals surface area contributed by atoms with Crippen LogP contribution >= 0.6 is 11.6 Å². The number of ketones is 1. The van der Waals surface area contributed by atoms with Gasteiger partial charge in [0.15, 0.2) is 5.78 Å². The van der Waals surface area contributed by atoms with E-state index in [9.17, 15) is 9.59 Å². The van der Waals surface area contributed by atoms with E-state index in [0.717, 1.165) is 5.56 Å². The van der Waals surface area contributed by atoms with Crippen LogP contribution in [0.5, 0.6) is 0 Å². The van der Waals surface area contributed by atoms with Crippen LogP contribution in [0.15, 0.2) is 36.9 Å². The van der Waals surface area contributed by atoms with Crippen LogP contribution in [-0.2, 0) is 11.2 Å². The first-order valence-electron chi connectivity index (χ1n) is 5.40. The minimum Gasteiger partial charge on any atom is -0.465 e. The van der Waals surface area contributed by atoms with Gasteiger partial charge in [0.2, 0.25) is 0 Å². The fourth-order valence-corrected chi connectivity index (χ4v) is 1.71. The van der Waals surface area contributed by atoms with Gasteiger partial charge >= 0.3 is 6.09 Å². The van der Waals surface area contributed by atoms with Crippen molar-refractivity contribution in [3.63, 3.8) is 0 Å². The predicted molar refractivity (Wildman–Crippen MR) is 69.9 cm³/mol. The summed E-state index contributed by atoms with van der Waals surface area (Å²) in [6.07, 6.45) is 0.575. The molecule has 0 fully saturated rings. The summed E-state index contributed by atoms with van der Waals surface area (Å²) >= 11 is 5.76. The number of allylic oxidation sites excluding steroid dienone is 1. The summed E-state index contributed by atoms with van der Waals surface area (Å²) in [7, 11) is 0. The number of nitrogens with one attached hydrogen (secondary N) is 1. The lowest BCUT2D eigenvalue weighted by Crippen LogP contribution is -2.36. The molecule has 4 nitrogen and oxygen atoms in total. The first-order valence-corrected chi connectivity index (χ1v) is 5.78. The molecule has 1 unspecified atom stereocenters. The van der Waals surface area contributed by atoms with Crippen molar-refractivity contribution in [2.75, 3.05) is 0 Å². The molecule has 1 amide bonds. The second kappa shape index (κ2) is 6.81. The van der Waals surface area contributed by atoms with E-state index in [0.29, 0.717) is 11.4 Å². The third-order valence-electron chi connectivity index (χ3n) is 2.40. The van der Waals surface area contributed by atoms with Gasteiger partial charge in [-0.15, -0.1) is 0 Å². The zero-order valence-electron chi connectivity index (χ0n) is 9.73. The number of amides is 1. The van der Waals surface area contributed by atoms with Crippen LogP contribution in [0.4, 0.5) is 4.79 Å². The van der Waals surface area contributed by atoms with Gasteiger partial charge in [-0.2, -0.15) is 0 Å². The number of hydrogen-bond donors (Lipinski definition) is 2. The number of carboxylic acid groups (broad SMARTS) is 1. The normalized spacial score (nSPS) is 11.6. The Labute approximate surface area is 110 Å². The smallest absolute Gasteiger partial charge is 0.404 e. The van der Waals surface area contributed by atoms with Gasteiger partial charge in [0.05, 0.1) is 0 Å². The summed E-state index contributed by atoms with van der Waals surface area (Å²) in [5.74, 6) is -0.192. The molecule has 96 valence electrons. The zero-order chi connectivity index (χ0) is 13.5. The Morgan fingerprint density at radius 1 is 1.39 bits per heavy atom. The summed E-state index contributed by atoms with van der Waals surface area (Å²) < 4.78 is 0. The third-order valence-corrected chi connectivity index (χ3v) is 2.65. The van der Waals surface area contributed by atoms with Gasteiger partial charge in [-0.25, -0.2) is 4.79 Å². The molecule has 1 aromatic rings. The molecule has 2 N–H and O–H groups in total. The summed E-state index contributed by atoms with van der Waals surface area (Å²) in [6.45, 7) is 3.37. The van der Waals surface area contributed by atoms with Crippen LogP contribution in [0.3, 0.4) is 0 Å². The average molecular weight is 268 g/mol. The quantitative estimate of drug-likeness (QED) is 0.779. The topological polar surface area (TPSA) is 66.4 Å². The van der Waals surface area contributed by atoms with Gasteiger partial charge in [0.1, 0.15) is 0 Å². The summed E-state index contributed by atoms with van der Waals surface area (Å²) in [6, 6.07) is 6.59. The van der Waals surface area contributed by atoms with E-state index in [4.69, 9.17) is 16.7 Å². The van der Waals surface area contributed by atoms with E-state index >= 15 is 0 Å². The second-order valence-electron chi connectivity index (χ2n) is 3.85. The average Bonchev–Trinajstić information content (AvgIpc) is 2.31. The van der Waals surface area contributed by atoms with Gasteiger partial charge in [0, 0.05) is 17.5 Å². The first kappa shape index (κ1) is 14.3. The molecule has 0 bridgehead atoms. The highest BCUT2D eigenvalue weighted by molar-refractivity contribution is 6.30. The van der Waals surface area contributed by atoms with Crippen molar-refractivity contribution < 1.29 is 14.7 Å². The highest BCUT2D eigenvalue weighted by Gasteiger charge is 2.15. The Hall–Kier alpha value is -1.81. The molecule has 0 saturated heterocycles. The van der Waals surface area contributed by atoms with Gasteiger partial charge in [-0.3, -0.25) is 4.79 Å². The molecule has 5 heteroatoms. The Morgan fingerprint density at radius 2 is 2.00 bits per heavy atom. The van der Waals surface area contributed by atoms with Gasteiger partial charge in [-0.05, 0) is 30.2 Å². The number of carbonyl (C=O) groups excluding carboxylic acids is 1. The van der Waals surface area contributed by atoms with Crippen molar-refractivity contribution in [2.24, 2.45) is 0 Å². The van der Waals surface area contributed by atoms with Crippen molar-refractivity contribution in [1.29, 1.82) is 0 Å². The van der Waals surface area contributed by atoms with Crippen LogP contribution in [0.1, 0.15) is 12.0 Å². The SMILES string of the molecule is C=CC(=O)CC(Cc1ccc(Cl)cc1)NC(=O)O. The highest BCUT2D eigenvalue weighted by Crippen LogP contribution is 2.12. The molecule has 1 atom stereocenters. The van der Waals surface area contributed by atoms with Crippen LogP contribution < -0.4 is 5.32 Å². The Bertz CT molecular complexity index is 442. The molecule has 0 spiro atoms. The number of benzene rings is 1. The Balaban J connectivity index is 2.70. The van der Waals surface area contributed by atoms with E-state index in [2.05, 4.69) is 11.9 Å². The standard InChI is InChI=1S/C13H14ClNO3/c1-2-12(16)8-11(15-13(17)18)7-9-3-5-10(14)6-4-9/h2-6,11,15H,1,7-8H2,(H,17,18). The molecule has 0 aliphatic heterocycles. The predicted octanol–water partition coefficient (Wildman–Crippen LogP) is 2.66. The highest BCUT2D eigenvalue weighted by atomic mass is 35.5. The number of hydrogen-bond acceptors (Lipinski definition) is 2. The molecular formula is C13H14ClNO3. The molecule has 18 heavy (non-hydrogen) atoms. The molecule has 0 radical (unpaired) electrons. The number of halogens is 1. The third kappa shape index (κ3) is 5.01. The van der Waals surface area contributed by atoms with Crippen LogP contribution in [0, 0.1) is 0 Å². The Kier molecular flexibility index (Phi) is 5.39. The van der Waals surface area contributed by atoms with E-state index in [1.54, 1.807) is 24.3 Å². The summed E-state index contributed by atoms with van der Waals surface area (Å²) in [5, 5.41) is 11.7. The van der Waals surface area contributed by atoms with Crippen molar-refractivity contribution in [2.45, 2.75) is 18.9 Å². The van der Waals surface area contributed by atoms with Crippen molar-refractivity contribution in [3.05, 3.63) is 47.5 Å². The zero-order valence-corrected chi connectivity index (χ0v) is 10.5. The minimum atomic E-state index is -1.15.